The molecule has 0 radical (unpaired) electrons. The van der Waals surface area contributed by atoms with Crippen molar-refractivity contribution in [3.8, 4) is 17.1 Å². The van der Waals surface area contributed by atoms with Gasteiger partial charge in [0, 0.05) is 30.7 Å². The Hall–Kier alpha value is -3.17. The number of nitrogens with one attached hydrogen (secondary N) is 3. The number of hydrogen-bond donors (Lipinski definition) is 3. The monoisotopic (exact) mass is 395 g/mol. The number of halogens is 1. The number of nitrogens with zero attached hydrogens (tertiary/aromatic N) is 4. The lowest BCUT2D eigenvalue weighted by Crippen LogP contribution is -2.37. The summed E-state index contributed by atoms with van der Waals surface area (Å²) in [6, 6.07) is 11.9. The smallest absolute Gasteiger partial charge is 0.274 e. The highest BCUT2D eigenvalue weighted by atomic mass is 19.1. The summed E-state index contributed by atoms with van der Waals surface area (Å²) >= 11 is 0. The quantitative estimate of drug-likeness (QED) is 0.609. The number of amides is 1. The molecule has 1 amide bonds. The van der Waals surface area contributed by atoms with Crippen LogP contribution in [0.4, 0.5) is 4.39 Å². The zero-order valence-electron chi connectivity index (χ0n) is 16.1. The van der Waals surface area contributed by atoms with E-state index in [-0.39, 0.29) is 35.3 Å². The Balaban J connectivity index is 1.68. The van der Waals surface area contributed by atoms with Crippen LogP contribution < -0.4 is 16.2 Å². The fourth-order valence-electron chi connectivity index (χ4n) is 3.52. The predicted octanol–water partition coefficient (Wildman–Crippen LogP) is 1.70. The molecule has 1 aliphatic heterocycles. The Kier molecular flexibility index (Phi) is 5.32. The van der Waals surface area contributed by atoms with Crippen molar-refractivity contribution in [3.63, 3.8) is 0 Å². The van der Waals surface area contributed by atoms with Crippen LogP contribution in [0.25, 0.3) is 17.1 Å². The third-order valence-corrected chi connectivity index (χ3v) is 5.19. The first-order chi connectivity index (χ1) is 14.1. The van der Waals surface area contributed by atoms with Gasteiger partial charge in [-0.2, -0.15) is 0 Å². The summed E-state index contributed by atoms with van der Waals surface area (Å²) in [5.41, 5.74) is 7.46. The summed E-state index contributed by atoms with van der Waals surface area (Å²) in [6.07, 6.45) is 1.61. The van der Waals surface area contributed by atoms with Gasteiger partial charge < -0.3 is 5.32 Å². The van der Waals surface area contributed by atoms with E-state index < -0.39 is 5.82 Å². The molecule has 1 saturated heterocycles. The minimum absolute atomic E-state index is 0.103. The van der Waals surface area contributed by atoms with E-state index in [0.29, 0.717) is 17.9 Å². The molecule has 0 spiro atoms. The normalized spacial score (nSPS) is 21.3. The highest BCUT2D eigenvalue weighted by molar-refractivity contribution is 5.97. The molecular weight excluding hydrogens is 373 g/mol. The van der Waals surface area contributed by atoms with E-state index >= 15 is 0 Å². The van der Waals surface area contributed by atoms with E-state index in [1.807, 2.05) is 0 Å². The van der Waals surface area contributed by atoms with E-state index in [1.165, 1.54) is 10.7 Å². The van der Waals surface area contributed by atoms with Crippen molar-refractivity contribution in [1.82, 2.24) is 36.1 Å². The third-order valence-electron chi connectivity index (χ3n) is 5.19. The molecule has 0 saturated carbocycles. The lowest BCUT2D eigenvalue weighted by Gasteiger charge is -2.18. The number of pyridine rings is 1. The Morgan fingerprint density at radius 1 is 1.14 bits per heavy atom. The van der Waals surface area contributed by atoms with Crippen molar-refractivity contribution in [3.05, 3.63) is 60.2 Å². The van der Waals surface area contributed by atoms with Gasteiger partial charge in [0.15, 0.2) is 5.69 Å². The highest BCUT2D eigenvalue weighted by Crippen LogP contribution is 2.25. The molecular formula is C20H22FN7O. The zero-order valence-corrected chi connectivity index (χ0v) is 16.1. The molecule has 150 valence electrons. The van der Waals surface area contributed by atoms with Crippen LogP contribution in [0.3, 0.4) is 0 Å². The number of hydrogen-bond acceptors (Lipinski definition) is 6. The van der Waals surface area contributed by atoms with Crippen LogP contribution in [-0.2, 0) is 0 Å². The molecule has 0 aliphatic carbocycles. The Labute approximate surface area is 167 Å². The molecule has 3 aromatic rings. The van der Waals surface area contributed by atoms with Gasteiger partial charge in [0.25, 0.3) is 5.91 Å². The molecule has 2 atom stereocenters. The van der Waals surface area contributed by atoms with E-state index in [0.717, 1.165) is 0 Å². The highest BCUT2D eigenvalue weighted by Gasteiger charge is 2.31. The van der Waals surface area contributed by atoms with Crippen LogP contribution in [-0.4, -0.2) is 44.5 Å². The molecule has 1 aromatic carbocycles. The third kappa shape index (κ3) is 3.74. The SMILES string of the molecule is CC1NNC(C)C1CNC(=O)c1nnn(-c2ccccc2F)c1-c1ccccn1. The largest absolute Gasteiger partial charge is 0.350 e. The first kappa shape index (κ1) is 19.2. The molecule has 3 heterocycles. The molecule has 9 heteroatoms. The lowest BCUT2D eigenvalue weighted by atomic mass is 9.97. The van der Waals surface area contributed by atoms with Crippen LogP contribution in [0.15, 0.2) is 48.7 Å². The minimum Gasteiger partial charge on any atom is -0.350 e. The zero-order chi connectivity index (χ0) is 20.4. The summed E-state index contributed by atoms with van der Waals surface area (Å²) in [6.45, 7) is 4.58. The number of hydrazine groups is 1. The molecule has 0 bridgehead atoms. The molecule has 1 fully saturated rings. The van der Waals surface area contributed by atoms with Crippen LogP contribution in [0, 0.1) is 11.7 Å². The number of carbonyl (C=O) groups is 1. The summed E-state index contributed by atoms with van der Waals surface area (Å²) in [4.78, 5) is 17.3. The maximum Gasteiger partial charge on any atom is 0.274 e. The number of rotatable bonds is 5. The molecule has 3 N–H and O–H groups in total. The molecule has 29 heavy (non-hydrogen) atoms. The molecule has 4 rings (SSSR count). The second-order valence-electron chi connectivity index (χ2n) is 7.10. The molecule has 8 nitrogen and oxygen atoms in total. The number of benzene rings is 1. The standard InChI is InChI=1S/C20H22FN7O/c1-12-14(13(2)25-24-12)11-23-20(29)18-19(16-8-5-6-10-22-16)28(27-26-18)17-9-4-3-7-15(17)21/h3-10,12-14,24-25H,11H2,1-2H3,(H,23,29). The Bertz CT molecular complexity index is 997. The van der Waals surface area contributed by atoms with Gasteiger partial charge in [0.2, 0.25) is 0 Å². The van der Waals surface area contributed by atoms with Crippen molar-refractivity contribution >= 4 is 5.91 Å². The second-order valence-corrected chi connectivity index (χ2v) is 7.10. The van der Waals surface area contributed by atoms with Crippen LogP contribution >= 0.6 is 0 Å². The Morgan fingerprint density at radius 2 is 1.86 bits per heavy atom. The van der Waals surface area contributed by atoms with Crippen LogP contribution in [0.5, 0.6) is 0 Å². The van der Waals surface area contributed by atoms with Crippen molar-refractivity contribution in [2.24, 2.45) is 5.92 Å². The summed E-state index contributed by atoms with van der Waals surface area (Å²) in [5.74, 6) is -0.620. The van der Waals surface area contributed by atoms with Crippen LogP contribution in [0.1, 0.15) is 24.3 Å². The number of para-hydroxylation sites is 1. The van der Waals surface area contributed by atoms with Crippen molar-refractivity contribution in [2.75, 3.05) is 6.54 Å². The summed E-state index contributed by atoms with van der Waals surface area (Å²) < 4.78 is 15.7. The van der Waals surface area contributed by atoms with Crippen molar-refractivity contribution in [2.45, 2.75) is 25.9 Å². The number of carbonyl (C=O) groups excluding carboxylic acids is 1. The first-order valence-electron chi connectivity index (χ1n) is 9.47. The minimum atomic E-state index is -0.465. The van der Waals surface area contributed by atoms with Gasteiger partial charge in [-0.15, -0.1) is 5.10 Å². The van der Waals surface area contributed by atoms with Crippen molar-refractivity contribution in [1.29, 1.82) is 0 Å². The fraction of sp³-hybridized carbons (Fsp3) is 0.300. The maximum absolute atomic E-state index is 14.4. The molecule has 2 unspecified atom stereocenters. The van der Waals surface area contributed by atoms with Gasteiger partial charge in [0.1, 0.15) is 17.2 Å². The van der Waals surface area contributed by atoms with Gasteiger partial charge in [-0.05, 0) is 38.1 Å². The van der Waals surface area contributed by atoms with Crippen LogP contribution in [0.2, 0.25) is 0 Å². The van der Waals surface area contributed by atoms with Gasteiger partial charge in [-0.25, -0.2) is 9.07 Å². The molecule has 1 aliphatic rings. The fourth-order valence-corrected chi connectivity index (χ4v) is 3.52. The Morgan fingerprint density at radius 3 is 2.55 bits per heavy atom. The lowest BCUT2D eigenvalue weighted by molar-refractivity contribution is 0.0941. The maximum atomic E-state index is 14.4. The van der Waals surface area contributed by atoms with Gasteiger partial charge in [-0.3, -0.25) is 20.6 Å². The topological polar surface area (TPSA) is 96.8 Å². The average molecular weight is 395 g/mol. The average Bonchev–Trinajstić information content (AvgIpc) is 3.31. The van der Waals surface area contributed by atoms with E-state index in [1.54, 1.807) is 42.6 Å². The van der Waals surface area contributed by atoms with Gasteiger partial charge >= 0.3 is 0 Å². The van der Waals surface area contributed by atoms with Gasteiger partial charge in [0.05, 0.1) is 5.69 Å². The van der Waals surface area contributed by atoms with Gasteiger partial charge in [-0.1, -0.05) is 23.4 Å². The number of aromatic nitrogens is 4. The second kappa shape index (κ2) is 8.06. The first-order valence-corrected chi connectivity index (χ1v) is 9.47. The summed E-state index contributed by atoms with van der Waals surface area (Å²) in [7, 11) is 0. The van der Waals surface area contributed by atoms with E-state index in [2.05, 4.69) is 45.3 Å². The molecule has 2 aromatic heterocycles. The van der Waals surface area contributed by atoms with E-state index in [9.17, 15) is 9.18 Å². The summed E-state index contributed by atoms with van der Waals surface area (Å²) in [5, 5.41) is 11.0. The predicted molar refractivity (Wildman–Crippen MR) is 106 cm³/mol. The van der Waals surface area contributed by atoms with E-state index in [4.69, 9.17) is 0 Å². The van der Waals surface area contributed by atoms with Crippen molar-refractivity contribution < 1.29 is 9.18 Å².